The summed E-state index contributed by atoms with van der Waals surface area (Å²) in [4.78, 5) is 11.8. The Hall–Kier alpha value is -0.700. The Morgan fingerprint density at radius 2 is 2.00 bits per heavy atom. The number of rotatable bonds is 4. The van der Waals surface area contributed by atoms with Gasteiger partial charge in [0.15, 0.2) is 0 Å². The van der Waals surface area contributed by atoms with Crippen molar-refractivity contribution in [3.05, 3.63) is 0 Å². The van der Waals surface area contributed by atoms with Crippen LogP contribution in [-0.4, -0.2) is 68.4 Å². The molecule has 0 spiro atoms. The monoisotopic (exact) mass is 291 g/mol. The highest BCUT2D eigenvalue weighted by atomic mass is 32.2. The van der Waals surface area contributed by atoms with Crippen LogP contribution in [0.2, 0.25) is 0 Å². The third kappa shape index (κ3) is 3.07. The van der Waals surface area contributed by atoms with Gasteiger partial charge < -0.3 is 10.1 Å². The van der Waals surface area contributed by atoms with E-state index >= 15 is 0 Å². The number of carbonyl (C=O) groups excluding carboxylic acids is 1. The van der Waals surface area contributed by atoms with Gasteiger partial charge in [-0.1, -0.05) is 0 Å². The van der Waals surface area contributed by atoms with E-state index < -0.39 is 22.2 Å². The highest BCUT2D eigenvalue weighted by Gasteiger charge is 2.42. The van der Waals surface area contributed by atoms with E-state index in [9.17, 15) is 13.2 Å². The van der Waals surface area contributed by atoms with Gasteiger partial charge in [-0.2, -0.15) is 17.0 Å². The van der Waals surface area contributed by atoms with Gasteiger partial charge in [0.25, 0.3) is 10.2 Å². The molecule has 0 saturated carbocycles. The summed E-state index contributed by atoms with van der Waals surface area (Å²) in [6.07, 6.45) is 1.25. The van der Waals surface area contributed by atoms with Gasteiger partial charge in [0.05, 0.1) is 6.61 Å². The minimum Gasteiger partial charge on any atom is -0.465 e. The van der Waals surface area contributed by atoms with Crippen LogP contribution < -0.4 is 5.32 Å². The molecule has 2 aliphatic rings. The van der Waals surface area contributed by atoms with Gasteiger partial charge in [0.2, 0.25) is 0 Å². The zero-order valence-corrected chi connectivity index (χ0v) is 12.0. The zero-order chi connectivity index (χ0) is 13.9. The molecule has 0 aliphatic carbocycles. The van der Waals surface area contributed by atoms with E-state index in [1.54, 1.807) is 6.92 Å². The Morgan fingerprint density at radius 3 is 2.63 bits per heavy atom. The molecule has 7 nitrogen and oxygen atoms in total. The minimum atomic E-state index is -3.55. The maximum atomic E-state index is 12.5. The maximum Gasteiger partial charge on any atom is 0.324 e. The molecule has 19 heavy (non-hydrogen) atoms. The number of esters is 1. The molecule has 0 aromatic carbocycles. The van der Waals surface area contributed by atoms with Crippen molar-refractivity contribution in [2.24, 2.45) is 0 Å². The summed E-state index contributed by atoms with van der Waals surface area (Å²) >= 11 is 0. The third-order valence-corrected chi connectivity index (χ3v) is 5.51. The van der Waals surface area contributed by atoms with E-state index in [0.29, 0.717) is 45.6 Å². The van der Waals surface area contributed by atoms with E-state index in [1.807, 2.05) is 0 Å². The first-order chi connectivity index (χ1) is 9.07. The van der Waals surface area contributed by atoms with Crippen LogP contribution in [0, 0.1) is 0 Å². The first-order valence-electron chi connectivity index (χ1n) is 6.71. The lowest BCUT2D eigenvalue weighted by atomic mass is 10.2. The first-order valence-corrected chi connectivity index (χ1v) is 8.11. The van der Waals surface area contributed by atoms with E-state index in [2.05, 4.69) is 5.32 Å². The van der Waals surface area contributed by atoms with E-state index in [1.165, 1.54) is 8.61 Å². The van der Waals surface area contributed by atoms with E-state index in [4.69, 9.17) is 4.74 Å². The Morgan fingerprint density at radius 1 is 1.32 bits per heavy atom. The quantitative estimate of drug-likeness (QED) is 0.684. The molecule has 0 aromatic heterocycles. The molecule has 2 aliphatic heterocycles. The molecule has 0 amide bonds. The summed E-state index contributed by atoms with van der Waals surface area (Å²) in [6, 6.07) is -0.653. The van der Waals surface area contributed by atoms with Crippen LogP contribution in [0.1, 0.15) is 19.8 Å². The van der Waals surface area contributed by atoms with Crippen molar-refractivity contribution in [2.75, 3.05) is 39.3 Å². The highest BCUT2D eigenvalue weighted by molar-refractivity contribution is 7.86. The predicted molar refractivity (Wildman–Crippen MR) is 69.7 cm³/mol. The molecule has 0 radical (unpaired) electrons. The summed E-state index contributed by atoms with van der Waals surface area (Å²) < 4.78 is 32.8. The standard InChI is InChI=1S/C11H21N3O4S/c1-2-18-11(15)10-4-3-7-14(10)19(16,17)13-8-5-12-6-9-13/h10,12H,2-9H2,1H3. The van der Waals surface area contributed by atoms with E-state index in [-0.39, 0.29) is 6.61 Å². The summed E-state index contributed by atoms with van der Waals surface area (Å²) in [5.74, 6) is -0.432. The molecule has 0 aromatic rings. The molecule has 0 bridgehead atoms. The molecule has 2 saturated heterocycles. The second-order valence-electron chi connectivity index (χ2n) is 4.68. The van der Waals surface area contributed by atoms with E-state index in [0.717, 1.165) is 0 Å². The lowest BCUT2D eigenvalue weighted by molar-refractivity contribution is -0.146. The van der Waals surface area contributed by atoms with Crippen molar-refractivity contribution in [1.82, 2.24) is 13.9 Å². The SMILES string of the molecule is CCOC(=O)C1CCCN1S(=O)(=O)N1CCNCC1. The number of hydrogen-bond donors (Lipinski definition) is 1. The second kappa shape index (κ2) is 6.17. The van der Waals surface area contributed by atoms with Gasteiger partial charge in [0, 0.05) is 32.7 Å². The van der Waals surface area contributed by atoms with Gasteiger partial charge in [-0.3, -0.25) is 4.79 Å². The molecule has 2 rings (SSSR count). The number of nitrogens with zero attached hydrogens (tertiary/aromatic N) is 2. The summed E-state index contributed by atoms with van der Waals surface area (Å²) in [6.45, 7) is 4.60. The minimum absolute atomic E-state index is 0.275. The van der Waals surface area contributed by atoms with Crippen LogP contribution >= 0.6 is 0 Å². The summed E-state index contributed by atoms with van der Waals surface area (Å²) in [5.41, 5.74) is 0. The van der Waals surface area contributed by atoms with Crippen molar-refractivity contribution in [2.45, 2.75) is 25.8 Å². The van der Waals surface area contributed by atoms with Crippen molar-refractivity contribution in [1.29, 1.82) is 0 Å². The molecule has 110 valence electrons. The topological polar surface area (TPSA) is 79.0 Å². The van der Waals surface area contributed by atoms with Gasteiger partial charge in [-0.05, 0) is 19.8 Å². The average molecular weight is 291 g/mol. The first kappa shape index (κ1) is 14.7. The normalized spacial score (nSPS) is 26.5. The summed E-state index contributed by atoms with van der Waals surface area (Å²) in [5, 5.41) is 3.12. The van der Waals surface area contributed by atoms with Crippen molar-refractivity contribution in [3.8, 4) is 0 Å². The van der Waals surface area contributed by atoms with Crippen LogP contribution in [0.4, 0.5) is 0 Å². The molecule has 8 heteroatoms. The number of ether oxygens (including phenoxy) is 1. The van der Waals surface area contributed by atoms with Crippen LogP contribution in [0.25, 0.3) is 0 Å². The van der Waals surface area contributed by atoms with Crippen LogP contribution in [0.15, 0.2) is 0 Å². The summed E-state index contributed by atoms with van der Waals surface area (Å²) in [7, 11) is -3.55. The third-order valence-electron chi connectivity index (χ3n) is 3.46. The van der Waals surface area contributed by atoms with Crippen molar-refractivity contribution < 1.29 is 17.9 Å². The molecule has 1 unspecified atom stereocenters. The van der Waals surface area contributed by atoms with Gasteiger partial charge in [-0.15, -0.1) is 0 Å². The molecule has 1 atom stereocenters. The molecule has 2 heterocycles. The van der Waals surface area contributed by atoms with Crippen LogP contribution in [0.3, 0.4) is 0 Å². The fraction of sp³-hybridized carbons (Fsp3) is 0.909. The van der Waals surface area contributed by atoms with Gasteiger partial charge in [0.1, 0.15) is 6.04 Å². The molecular weight excluding hydrogens is 270 g/mol. The largest absolute Gasteiger partial charge is 0.465 e. The van der Waals surface area contributed by atoms with Gasteiger partial charge in [-0.25, -0.2) is 0 Å². The van der Waals surface area contributed by atoms with Crippen LogP contribution in [0.5, 0.6) is 0 Å². The smallest absolute Gasteiger partial charge is 0.324 e. The number of piperazine rings is 1. The Balaban J connectivity index is 2.11. The molecular formula is C11H21N3O4S. The molecule has 1 N–H and O–H groups in total. The second-order valence-corrected chi connectivity index (χ2v) is 6.56. The number of nitrogens with one attached hydrogen (secondary N) is 1. The lowest BCUT2D eigenvalue weighted by Gasteiger charge is -2.32. The highest BCUT2D eigenvalue weighted by Crippen LogP contribution is 2.24. The lowest BCUT2D eigenvalue weighted by Crippen LogP contribution is -2.54. The maximum absolute atomic E-state index is 12.5. The fourth-order valence-electron chi connectivity index (χ4n) is 2.51. The zero-order valence-electron chi connectivity index (χ0n) is 11.2. The predicted octanol–water partition coefficient (Wildman–Crippen LogP) is -0.836. The number of carbonyl (C=O) groups is 1. The Kier molecular flexibility index (Phi) is 4.77. The Labute approximate surface area is 114 Å². The van der Waals surface area contributed by atoms with Crippen molar-refractivity contribution >= 4 is 16.2 Å². The Bertz CT molecular complexity index is 420. The number of hydrogen-bond acceptors (Lipinski definition) is 5. The fourth-order valence-corrected chi connectivity index (χ4v) is 4.33. The average Bonchev–Trinajstić information content (AvgIpc) is 2.90. The van der Waals surface area contributed by atoms with Gasteiger partial charge >= 0.3 is 5.97 Å². The molecule has 2 fully saturated rings. The van der Waals surface area contributed by atoms with Crippen molar-refractivity contribution in [3.63, 3.8) is 0 Å². The van der Waals surface area contributed by atoms with Crippen LogP contribution in [-0.2, 0) is 19.7 Å².